The number of halogens is 2. The Bertz CT molecular complexity index is 506. The highest BCUT2D eigenvalue weighted by Gasteiger charge is 1.98. The molecule has 0 saturated heterocycles. The van der Waals surface area contributed by atoms with Crippen molar-refractivity contribution >= 4 is 37.5 Å². The molecule has 0 fully saturated rings. The standard InChI is InChI=1S/C14H13Br2N/c1-10-2-5-12(6-3-10)17-9-11-4-7-13(15)14(16)8-11/h2-8,17H,9H2,1H3. The lowest BCUT2D eigenvalue weighted by atomic mass is 10.2. The molecule has 0 atom stereocenters. The molecule has 0 spiro atoms. The molecular formula is C14H13Br2N. The predicted octanol–water partition coefficient (Wildman–Crippen LogP) is 5.13. The minimum Gasteiger partial charge on any atom is -0.381 e. The number of hydrogen-bond donors (Lipinski definition) is 1. The van der Waals surface area contributed by atoms with Gasteiger partial charge in [-0.2, -0.15) is 0 Å². The topological polar surface area (TPSA) is 12.0 Å². The summed E-state index contributed by atoms with van der Waals surface area (Å²) in [5.41, 5.74) is 3.68. The summed E-state index contributed by atoms with van der Waals surface area (Å²) >= 11 is 6.97. The molecule has 0 aliphatic heterocycles. The van der Waals surface area contributed by atoms with Crippen LogP contribution >= 0.6 is 31.9 Å². The summed E-state index contributed by atoms with van der Waals surface area (Å²) < 4.78 is 2.16. The van der Waals surface area contributed by atoms with E-state index in [1.165, 1.54) is 11.1 Å². The summed E-state index contributed by atoms with van der Waals surface area (Å²) in [5.74, 6) is 0. The van der Waals surface area contributed by atoms with Gasteiger partial charge in [0.05, 0.1) is 0 Å². The monoisotopic (exact) mass is 353 g/mol. The van der Waals surface area contributed by atoms with Crippen LogP contribution in [0.1, 0.15) is 11.1 Å². The number of benzene rings is 2. The average molecular weight is 355 g/mol. The minimum atomic E-state index is 0.828. The Hall–Kier alpha value is -0.800. The van der Waals surface area contributed by atoms with Crippen LogP contribution in [0.4, 0.5) is 5.69 Å². The van der Waals surface area contributed by atoms with Gasteiger partial charge in [-0.05, 0) is 68.6 Å². The van der Waals surface area contributed by atoms with Crippen molar-refractivity contribution in [3.8, 4) is 0 Å². The smallest absolute Gasteiger partial charge is 0.0401 e. The molecule has 0 radical (unpaired) electrons. The van der Waals surface area contributed by atoms with E-state index in [4.69, 9.17) is 0 Å². The molecular weight excluding hydrogens is 342 g/mol. The molecule has 2 aromatic carbocycles. The summed E-state index contributed by atoms with van der Waals surface area (Å²) in [5, 5.41) is 3.40. The third kappa shape index (κ3) is 3.58. The van der Waals surface area contributed by atoms with Gasteiger partial charge in [-0.25, -0.2) is 0 Å². The third-order valence-corrected chi connectivity index (χ3v) is 4.41. The maximum Gasteiger partial charge on any atom is 0.0401 e. The lowest BCUT2D eigenvalue weighted by Crippen LogP contribution is -1.99. The molecule has 0 bridgehead atoms. The second-order valence-corrected chi connectivity index (χ2v) is 5.68. The first-order chi connectivity index (χ1) is 8.15. The van der Waals surface area contributed by atoms with E-state index in [0.29, 0.717) is 0 Å². The molecule has 0 aliphatic carbocycles. The summed E-state index contributed by atoms with van der Waals surface area (Å²) in [6.45, 7) is 2.92. The number of rotatable bonds is 3. The van der Waals surface area contributed by atoms with Crippen molar-refractivity contribution in [2.24, 2.45) is 0 Å². The van der Waals surface area contributed by atoms with Crippen LogP contribution in [-0.2, 0) is 6.54 Å². The molecule has 1 N–H and O–H groups in total. The largest absolute Gasteiger partial charge is 0.381 e. The Labute approximate surface area is 119 Å². The van der Waals surface area contributed by atoms with Gasteiger partial charge in [0, 0.05) is 21.2 Å². The average Bonchev–Trinajstić information content (AvgIpc) is 2.33. The van der Waals surface area contributed by atoms with Crippen molar-refractivity contribution in [1.82, 2.24) is 0 Å². The first kappa shape index (κ1) is 12.7. The van der Waals surface area contributed by atoms with Crippen molar-refractivity contribution in [2.75, 3.05) is 5.32 Å². The van der Waals surface area contributed by atoms with Gasteiger partial charge in [-0.1, -0.05) is 23.8 Å². The van der Waals surface area contributed by atoms with Crippen molar-refractivity contribution in [3.63, 3.8) is 0 Å². The maximum absolute atomic E-state index is 3.51. The highest BCUT2D eigenvalue weighted by atomic mass is 79.9. The molecule has 2 rings (SSSR count). The maximum atomic E-state index is 3.51. The third-order valence-electron chi connectivity index (χ3n) is 2.53. The van der Waals surface area contributed by atoms with Gasteiger partial charge < -0.3 is 5.32 Å². The molecule has 0 heterocycles. The molecule has 88 valence electrons. The lowest BCUT2D eigenvalue weighted by molar-refractivity contribution is 1.14. The van der Waals surface area contributed by atoms with Crippen molar-refractivity contribution in [3.05, 3.63) is 62.5 Å². The Morgan fingerprint density at radius 3 is 2.29 bits per heavy atom. The summed E-state index contributed by atoms with van der Waals surface area (Å²) in [6.07, 6.45) is 0. The van der Waals surface area contributed by atoms with Crippen molar-refractivity contribution < 1.29 is 0 Å². The lowest BCUT2D eigenvalue weighted by Gasteiger charge is -2.07. The van der Waals surface area contributed by atoms with E-state index in [2.05, 4.69) is 86.6 Å². The van der Waals surface area contributed by atoms with E-state index >= 15 is 0 Å². The van der Waals surface area contributed by atoms with E-state index in [1.807, 2.05) is 0 Å². The second kappa shape index (κ2) is 5.69. The number of anilines is 1. The van der Waals surface area contributed by atoms with Crippen molar-refractivity contribution in [2.45, 2.75) is 13.5 Å². The first-order valence-corrected chi connectivity index (χ1v) is 6.98. The normalized spacial score (nSPS) is 10.3. The fourth-order valence-corrected chi connectivity index (χ4v) is 2.20. The van der Waals surface area contributed by atoms with E-state index in [1.54, 1.807) is 0 Å². The van der Waals surface area contributed by atoms with Gasteiger partial charge in [0.1, 0.15) is 0 Å². The quantitative estimate of drug-likeness (QED) is 0.805. The molecule has 3 heteroatoms. The van der Waals surface area contributed by atoms with Gasteiger partial charge in [0.2, 0.25) is 0 Å². The van der Waals surface area contributed by atoms with Crippen LogP contribution in [0.3, 0.4) is 0 Å². The van der Waals surface area contributed by atoms with Gasteiger partial charge in [0.25, 0.3) is 0 Å². The van der Waals surface area contributed by atoms with Crippen LogP contribution < -0.4 is 5.32 Å². The summed E-state index contributed by atoms with van der Waals surface area (Å²) in [7, 11) is 0. The van der Waals surface area contributed by atoms with Crippen LogP contribution in [0.25, 0.3) is 0 Å². The highest BCUT2D eigenvalue weighted by Crippen LogP contribution is 2.24. The second-order valence-electron chi connectivity index (χ2n) is 3.97. The Kier molecular flexibility index (Phi) is 4.24. The Morgan fingerprint density at radius 2 is 1.65 bits per heavy atom. The molecule has 0 saturated carbocycles. The van der Waals surface area contributed by atoms with Crippen molar-refractivity contribution in [1.29, 1.82) is 0 Å². The fourth-order valence-electron chi connectivity index (χ4n) is 1.53. The van der Waals surface area contributed by atoms with Crippen LogP contribution in [0.5, 0.6) is 0 Å². The Morgan fingerprint density at radius 1 is 0.941 bits per heavy atom. The number of aryl methyl sites for hydroxylation is 1. The highest BCUT2D eigenvalue weighted by molar-refractivity contribution is 9.13. The van der Waals surface area contributed by atoms with Gasteiger partial charge in [-0.15, -0.1) is 0 Å². The zero-order valence-corrected chi connectivity index (χ0v) is 12.7. The van der Waals surface area contributed by atoms with E-state index in [9.17, 15) is 0 Å². The van der Waals surface area contributed by atoms with Crippen LogP contribution in [0.2, 0.25) is 0 Å². The zero-order chi connectivity index (χ0) is 12.3. The minimum absolute atomic E-state index is 0.828. The summed E-state index contributed by atoms with van der Waals surface area (Å²) in [6, 6.07) is 14.7. The van der Waals surface area contributed by atoms with Crippen LogP contribution in [0.15, 0.2) is 51.4 Å². The summed E-state index contributed by atoms with van der Waals surface area (Å²) in [4.78, 5) is 0. The zero-order valence-electron chi connectivity index (χ0n) is 9.50. The molecule has 0 aromatic heterocycles. The SMILES string of the molecule is Cc1ccc(NCc2ccc(Br)c(Br)c2)cc1. The number of nitrogens with one attached hydrogen (secondary N) is 1. The van der Waals surface area contributed by atoms with E-state index in [0.717, 1.165) is 21.2 Å². The molecule has 0 aliphatic rings. The molecule has 17 heavy (non-hydrogen) atoms. The molecule has 1 nitrogen and oxygen atoms in total. The van der Waals surface area contributed by atoms with E-state index in [-0.39, 0.29) is 0 Å². The fraction of sp³-hybridized carbons (Fsp3) is 0.143. The number of hydrogen-bond acceptors (Lipinski definition) is 1. The van der Waals surface area contributed by atoms with Gasteiger partial charge in [0.15, 0.2) is 0 Å². The first-order valence-electron chi connectivity index (χ1n) is 5.39. The van der Waals surface area contributed by atoms with Gasteiger partial charge >= 0.3 is 0 Å². The molecule has 2 aromatic rings. The molecule has 0 amide bonds. The van der Waals surface area contributed by atoms with E-state index < -0.39 is 0 Å². The van der Waals surface area contributed by atoms with Crippen LogP contribution in [0, 0.1) is 6.92 Å². The molecule has 0 unspecified atom stereocenters. The van der Waals surface area contributed by atoms with Crippen LogP contribution in [-0.4, -0.2) is 0 Å². The predicted molar refractivity (Wildman–Crippen MR) is 80.3 cm³/mol. The van der Waals surface area contributed by atoms with Gasteiger partial charge in [-0.3, -0.25) is 0 Å². The Balaban J connectivity index is 2.02.